The molecule has 0 heterocycles. The Balaban J connectivity index is 1.80. The Morgan fingerprint density at radius 2 is 1.56 bits per heavy atom. The average Bonchev–Trinajstić information content (AvgIpc) is 2.83. The zero-order chi connectivity index (χ0) is 24.6. The first-order valence-electron chi connectivity index (χ1n) is 11.0. The largest absolute Gasteiger partial charge is 0.462 e. The van der Waals surface area contributed by atoms with E-state index >= 15 is 0 Å². The van der Waals surface area contributed by atoms with Gasteiger partial charge in [0.2, 0.25) is 10.0 Å². The van der Waals surface area contributed by atoms with Gasteiger partial charge in [0, 0.05) is 5.69 Å². The zero-order valence-corrected chi connectivity index (χ0v) is 20.0. The second-order valence-corrected chi connectivity index (χ2v) is 9.70. The number of hydrogen-bond acceptors (Lipinski definition) is 5. The van der Waals surface area contributed by atoms with Crippen molar-refractivity contribution in [1.29, 1.82) is 0 Å². The van der Waals surface area contributed by atoms with Crippen LogP contribution in [0.5, 0.6) is 0 Å². The summed E-state index contributed by atoms with van der Waals surface area (Å²) in [6.45, 7) is 2.48. The lowest BCUT2D eigenvalue weighted by Gasteiger charge is -2.24. The molecule has 3 rings (SSSR count). The summed E-state index contributed by atoms with van der Waals surface area (Å²) in [5.41, 5.74) is 2.15. The molecule has 0 unspecified atom stereocenters. The van der Waals surface area contributed by atoms with E-state index in [1.54, 1.807) is 48.5 Å². The summed E-state index contributed by atoms with van der Waals surface area (Å²) in [6.07, 6.45) is 2.85. The Kier molecular flexibility index (Phi) is 8.43. The normalized spacial score (nSPS) is 11.0. The number of esters is 1. The molecule has 1 amide bonds. The number of rotatable bonds is 10. The van der Waals surface area contributed by atoms with Gasteiger partial charge in [-0.05, 0) is 48.4 Å². The van der Waals surface area contributed by atoms with Crippen LogP contribution < -0.4 is 9.62 Å². The van der Waals surface area contributed by atoms with Crippen molar-refractivity contribution in [2.45, 2.75) is 26.3 Å². The fourth-order valence-electron chi connectivity index (χ4n) is 3.29. The van der Waals surface area contributed by atoms with E-state index in [4.69, 9.17) is 4.74 Å². The van der Waals surface area contributed by atoms with Gasteiger partial charge in [0.05, 0.1) is 36.2 Å². The van der Waals surface area contributed by atoms with Crippen molar-refractivity contribution in [3.05, 3.63) is 95.6 Å². The molecule has 178 valence electrons. The van der Waals surface area contributed by atoms with E-state index < -0.39 is 21.9 Å². The number of amides is 1. The molecule has 0 bridgehead atoms. The maximum Gasteiger partial charge on any atom is 0.338 e. The van der Waals surface area contributed by atoms with Crippen LogP contribution in [-0.2, 0) is 21.3 Å². The van der Waals surface area contributed by atoms with Crippen LogP contribution in [0, 0.1) is 0 Å². The average molecular weight is 481 g/mol. The van der Waals surface area contributed by atoms with E-state index in [0.717, 1.165) is 24.7 Å². The molecule has 0 saturated heterocycles. The number of benzene rings is 3. The monoisotopic (exact) mass is 480 g/mol. The molecule has 0 aromatic heterocycles. The molecule has 0 spiro atoms. The summed E-state index contributed by atoms with van der Waals surface area (Å²) >= 11 is 0. The van der Waals surface area contributed by atoms with Gasteiger partial charge in [-0.25, -0.2) is 13.2 Å². The Bertz CT molecular complexity index is 1230. The number of anilines is 2. The number of para-hydroxylation sites is 1. The summed E-state index contributed by atoms with van der Waals surface area (Å²) in [4.78, 5) is 25.2. The lowest BCUT2D eigenvalue weighted by Crippen LogP contribution is -2.31. The van der Waals surface area contributed by atoms with Crippen LogP contribution in [0.15, 0.2) is 78.9 Å². The molecule has 0 aliphatic carbocycles. The minimum Gasteiger partial charge on any atom is -0.462 e. The van der Waals surface area contributed by atoms with E-state index in [-0.39, 0.29) is 17.8 Å². The highest BCUT2D eigenvalue weighted by atomic mass is 32.2. The number of nitrogens with zero attached hydrogens (tertiary/aromatic N) is 1. The minimum absolute atomic E-state index is 0.0960. The second-order valence-electron chi connectivity index (χ2n) is 7.79. The number of hydrogen-bond donors (Lipinski definition) is 1. The van der Waals surface area contributed by atoms with Crippen LogP contribution in [0.1, 0.15) is 46.0 Å². The van der Waals surface area contributed by atoms with Gasteiger partial charge < -0.3 is 10.1 Å². The molecule has 0 aliphatic heterocycles. The number of ether oxygens (including phenoxy) is 1. The van der Waals surface area contributed by atoms with Gasteiger partial charge in [-0.3, -0.25) is 9.10 Å². The third kappa shape index (κ3) is 6.68. The zero-order valence-electron chi connectivity index (χ0n) is 19.2. The van der Waals surface area contributed by atoms with Crippen molar-refractivity contribution < 1.29 is 22.7 Å². The van der Waals surface area contributed by atoms with E-state index in [1.165, 1.54) is 4.31 Å². The topological polar surface area (TPSA) is 92.8 Å². The van der Waals surface area contributed by atoms with Crippen molar-refractivity contribution in [2.24, 2.45) is 0 Å². The smallest absolute Gasteiger partial charge is 0.338 e. The van der Waals surface area contributed by atoms with Gasteiger partial charge in [0.15, 0.2) is 0 Å². The lowest BCUT2D eigenvalue weighted by molar-refractivity contribution is 0.0499. The Morgan fingerprint density at radius 1 is 0.912 bits per heavy atom. The van der Waals surface area contributed by atoms with Gasteiger partial charge in [0.1, 0.15) is 0 Å². The Hall–Kier alpha value is -3.65. The van der Waals surface area contributed by atoms with Crippen molar-refractivity contribution >= 4 is 33.3 Å². The molecule has 0 saturated carbocycles. The minimum atomic E-state index is -3.67. The van der Waals surface area contributed by atoms with E-state index in [1.807, 2.05) is 37.3 Å². The first-order valence-corrected chi connectivity index (χ1v) is 12.8. The molecule has 0 radical (unpaired) electrons. The SMILES string of the molecule is CCCCOC(=O)c1ccc(NC(=O)c2ccccc2N(Cc2ccccc2)S(C)(=O)=O)cc1. The molecule has 34 heavy (non-hydrogen) atoms. The summed E-state index contributed by atoms with van der Waals surface area (Å²) in [5.74, 6) is -0.878. The highest BCUT2D eigenvalue weighted by Gasteiger charge is 2.23. The fraction of sp³-hybridized carbons (Fsp3) is 0.231. The maximum atomic E-state index is 13.1. The van der Waals surface area contributed by atoms with Crippen molar-refractivity contribution in [2.75, 3.05) is 22.5 Å². The molecule has 7 nitrogen and oxygen atoms in total. The molecular formula is C26H28N2O5S. The molecule has 0 aliphatic rings. The highest BCUT2D eigenvalue weighted by molar-refractivity contribution is 7.92. The predicted molar refractivity (Wildman–Crippen MR) is 133 cm³/mol. The molecule has 8 heteroatoms. The Morgan fingerprint density at radius 3 is 2.21 bits per heavy atom. The van der Waals surface area contributed by atoms with Crippen LogP contribution in [0.2, 0.25) is 0 Å². The standard InChI is InChI=1S/C26H28N2O5S/c1-3-4-18-33-26(30)21-14-16-22(17-15-21)27-25(29)23-12-8-9-13-24(23)28(34(2,31)32)19-20-10-6-5-7-11-20/h5-17H,3-4,18-19H2,1-2H3,(H,27,29). The quantitative estimate of drug-likeness (QED) is 0.330. The summed E-state index contributed by atoms with van der Waals surface area (Å²) in [6, 6.07) is 22.1. The predicted octanol–water partition coefficient (Wildman–Crippen LogP) is 4.86. The van der Waals surface area contributed by atoms with E-state index in [9.17, 15) is 18.0 Å². The molecule has 3 aromatic rings. The van der Waals surface area contributed by atoms with Gasteiger partial charge in [0.25, 0.3) is 5.91 Å². The molecule has 1 N–H and O–H groups in total. The summed E-state index contributed by atoms with van der Waals surface area (Å²) in [7, 11) is -3.67. The van der Waals surface area contributed by atoms with Gasteiger partial charge in [-0.2, -0.15) is 0 Å². The van der Waals surface area contributed by atoms with Crippen LogP contribution in [0.25, 0.3) is 0 Å². The first-order chi connectivity index (χ1) is 16.3. The summed E-state index contributed by atoms with van der Waals surface area (Å²) < 4.78 is 31.6. The Labute approximate surface area is 200 Å². The molecule has 3 aromatic carbocycles. The number of carbonyl (C=O) groups excluding carboxylic acids is 2. The van der Waals surface area contributed by atoms with E-state index in [2.05, 4.69) is 5.32 Å². The molecular weight excluding hydrogens is 452 g/mol. The first kappa shape index (κ1) is 25.0. The number of sulfonamides is 1. The van der Waals surface area contributed by atoms with Gasteiger partial charge in [-0.15, -0.1) is 0 Å². The van der Waals surface area contributed by atoms with Crippen molar-refractivity contribution in [1.82, 2.24) is 0 Å². The van der Waals surface area contributed by atoms with Crippen LogP contribution in [0.3, 0.4) is 0 Å². The maximum absolute atomic E-state index is 13.1. The molecule has 0 atom stereocenters. The number of carbonyl (C=O) groups is 2. The van der Waals surface area contributed by atoms with Crippen LogP contribution in [0.4, 0.5) is 11.4 Å². The lowest BCUT2D eigenvalue weighted by atomic mass is 10.1. The third-order valence-corrected chi connectivity index (χ3v) is 6.22. The van der Waals surface area contributed by atoms with Crippen LogP contribution in [-0.4, -0.2) is 33.2 Å². The van der Waals surface area contributed by atoms with Crippen LogP contribution >= 0.6 is 0 Å². The van der Waals surface area contributed by atoms with Crippen molar-refractivity contribution in [3.8, 4) is 0 Å². The second kappa shape index (κ2) is 11.5. The third-order valence-electron chi connectivity index (χ3n) is 5.10. The fourth-order valence-corrected chi connectivity index (χ4v) is 4.19. The highest BCUT2D eigenvalue weighted by Crippen LogP contribution is 2.26. The number of nitrogens with one attached hydrogen (secondary N) is 1. The van der Waals surface area contributed by atoms with Gasteiger partial charge in [-0.1, -0.05) is 55.8 Å². The van der Waals surface area contributed by atoms with Gasteiger partial charge >= 0.3 is 5.97 Å². The van der Waals surface area contributed by atoms with E-state index in [0.29, 0.717) is 17.9 Å². The molecule has 0 fully saturated rings. The number of unbranched alkanes of at least 4 members (excludes halogenated alkanes) is 1. The summed E-state index contributed by atoms with van der Waals surface area (Å²) in [5, 5.41) is 2.77. The van der Waals surface area contributed by atoms with Crippen molar-refractivity contribution in [3.63, 3.8) is 0 Å².